The van der Waals surface area contributed by atoms with E-state index in [4.69, 9.17) is 15.7 Å². The number of nitrogens with two attached hydrogens (primary N) is 1. The van der Waals surface area contributed by atoms with Crippen LogP contribution >= 0.6 is 0 Å². The van der Waals surface area contributed by atoms with Gasteiger partial charge in [-0.1, -0.05) is 42.5 Å². The number of anilines is 1. The van der Waals surface area contributed by atoms with Crippen LogP contribution in [0.25, 0.3) is 38.9 Å². The summed E-state index contributed by atoms with van der Waals surface area (Å²) < 4.78 is 2.08. The second-order valence-electron chi connectivity index (χ2n) is 10.1. The van der Waals surface area contributed by atoms with Crippen LogP contribution in [0.5, 0.6) is 0 Å². The van der Waals surface area contributed by atoms with Gasteiger partial charge in [0.1, 0.15) is 12.1 Å². The molecule has 3 aromatic carbocycles. The predicted octanol–water partition coefficient (Wildman–Crippen LogP) is 5.23. The highest BCUT2D eigenvalue weighted by Crippen LogP contribution is 2.30. The van der Waals surface area contributed by atoms with Crippen molar-refractivity contribution in [1.82, 2.24) is 19.4 Å². The van der Waals surface area contributed by atoms with Crippen LogP contribution in [0.2, 0.25) is 0 Å². The number of piperidine rings is 1. The fourth-order valence-electron chi connectivity index (χ4n) is 5.19. The molecule has 0 atom stereocenters. The maximum Gasteiger partial charge on any atom is 0.139 e. The van der Waals surface area contributed by atoms with E-state index in [0.29, 0.717) is 6.04 Å². The molecule has 2 aromatic heterocycles. The van der Waals surface area contributed by atoms with E-state index in [-0.39, 0.29) is 0 Å². The van der Waals surface area contributed by atoms with Crippen LogP contribution < -0.4 is 10.6 Å². The van der Waals surface area contributed by atoms with Crippen molar-refractivity contribution in [1.29, 1.82) is 0 Å². The lowest BCUT2D eigenvalue weighted by Crippen LogP contribution is -2.39. The summed E-state index contributed by atoms with van der Waals surface area (Å²) in [6.45, 7) is 2.88. The first-order valence-electron chi connectivity index (χ1n) is 12.7. The minimum absolute atomic E-state index is 0.304. The number of aromatic nitrogens is 3. The van der Waals surface area contributed by atoms with Crippen molar-refractivity contribution in [3.05, 3.63) is 84.7 Å². The normalized spacial score (nSPS) is 14.8. The second-order valence-corrected chi connectivity index (χ2v) is 10.1. The number of imidazole rings is 1. The molecule has 182 valence electrons. The molecule has 0 aliphatic carbocycles. The molecule has 1 aliphatic rings. The largest absolute Gasteiger partial charge is 0.370 e. The van der Waals surface area contributed by atoms with Gasteiger partial charge in [0.25, 0.3) is 0 Å². The Kier molecular flexibility index (Phi) is 5.91. The van der Waals surface area contributed by atoms with Gasteiger partial charge in [0, 0.05) is 31.1 Å². The molecule has 2 N–H and O–H groups in total. The molecule has 1 fully saturated rings. The summed E-state index contributed by atoms with van der Waals surface area (Å²) in [5.74, 6) is 0.881. The lowest BCUT2D eigenvalue weighted by molar-refractivity contribution is 0.402. The van der Waals surface area contributed by atoms with Gasteiger partial charge in [0.15, 0.2) is 0 Å². The van der Waals surface area contributed by atoms with Gasteiger partial charge in [-0.05, 0) is 74.0 Å². The molecule has 6 nitrogen and oxygen atoms in total. The van der Waals surface area contributed by atoms with Crippen LogP contribution in [0.3, 0.4) is 0 Å². The number of fused-ring (bicyclic) bond motifs is 2. The number of pyridine rings is 1. The summed E-state index contributed by atoms with van der Waals surface area (Å²) in [5.41, 5.74) is 14.1. The highest BCUT2D eigenvalue weighted by molar-refractivity contribution is 5.92. The maximum absolute atomic E-state index is 6.15. The molecule has 1 saturated heterocycles. The summed E-state index contributed by atoms with van der Waals surface area (Å²) in [5, 5.41) is 1.15. The van der Waals surface area contributed by atoms with E-state index in [1.54, 1.807) is 0 Å². The molecule has 1 aliphatic heterocycles. The van der Waals surface area contributed by atoms with Crippen molar-refractivity contribution in [3.63, 3.8) is 0 Å². The average Bonchev–Trinajstić information content (AvgIpc) is 3.32. The quantitative estimate of drug-likeness (QED) is 0.376. The van der Waals surface area contributed by atoms with Gasteiger partial charge < -0.3 is 15.5 Å². The third-order valence-electron chi connectivity index (χ3n) is 7.14. The molecule has 5 aromatic rings. The van der Waals surface area contributed by atoms with E-state index in [9.17, 15) is 0 Å². The minimum atomic E-state index is 0.304. The molecule has 6 heteroatoms. The Morgan fingerprint density at radius 1 is 0.917 bits per heavy atom. The van der Waals surface area contributed by atoms with Crippen LogP contribution in [0.15, 0.2) is 79.1 Å². The number of nitrogens with zero attached hydrogens (tertiary/aromatic N) is 5. The van der Waals surface area contributed by atoms with E-state index in [1.807, 2.05) is 6.33 Å². The van der Waals surface area contributed by atoms with E-state index in [0.717, 1.165) is 60.2 Å². The molecule has 0 amide bonds. The zero-order chi connectivity index (χ0) is 24.6. The van der Waals surface area contributed by atoms with E-state index < -0.39 is 0 Å². The molecule has 0 bridgehead atoms. The lowest BCUT2D eigenvalue weighted by atomic mass is 10.0. The van der Waals surface area contributed by atoms with Crippen molar-refractivity contribution < 1.29 is 0 Å². The first kappa shape index (κ1) is 22.7. The number of hydrogen-bond donors (Lipinski definition) is 1. The molecule has 0 radical (unpaired) electrons. The van der Waals surface area contributed by atoms with Crippen molar-refractivity contribution in [2.75, 3.05) is 32.1 Å². The fourth-order valence-corrected chi connectivity index (χ4v) is 5.19. The first-order valence-corrected chi connectivity index (χ1v) is 12.7. The maximum atomic E-state index is 6.15. The Bertz CT molecular complexity index is 1510. The Hall–Kier alpha value is -3.74. The monoisotopic (exact) mass is 476 g/mol. The molecule has 36 heavy (non-hydrogen) atoms. The lowest BCUT2D eigenvalue weighted by Gasteiger charge is -2.32. The number of para-hydroxylation sites is 1. The zero-order valence-corrected chi connectivity index (χ0v) is 20.9. The van der Waals surface area contributed by atoms with Crippen LogP contribution in [-0.2, 0) is 6.54 Å². The van der Waals surface area contributed by atoms with Gasteiger partial charge in [-0.2, -0.15) is 0 Å². The smallest absolute Gasteiger partial charge is 0.139 e. The van der Waals surface area contributed by atoms with Crippen LogP contribution in [-0.4, -0.2) is 52.7 Å². The number of hydrogen-bond acceptors (Lipinski definition) is 5. The molecule has 0 unspecified atom stereocenters. The van der Waals surface area contributed by atoms with Crippen LogP contribution in [0, 0.1) is 0 Å². The summed E-state index contributed by atoms with van der Waals surface area (Å²) in [6.07, 6.45) is 3.91. The summed E-state index contributed by atoms with van der Waals surface area (Å²) >= 11 is 0. The van der Waals surface area contributed by atoms with Gasteiger partial charge in [-0.3, -0.25) is 4.57 Å². The summed E-state index contributed by atoms with van der Waals surface area (Å²) in [4.78, 5) is 14.5. The Morgan fingerprint density at radius 2 is 1.69 bits per heavy atom. The predicted molar refractivity (Wildman–Crippen MR) is 149 cm³/mol. The van der Waals surface area contributed by atoms with E-state index in [2.05, 4.69) is 101 Å². The highest BCUT2D eigenvalue weighted by atomic mass is 15.2. The molecule has 3 heterocycles. The third-order valence-corrected chi connectivity index (χ3v) is 7.14. The standard InChI is InChI=1S/C30H32N6/c1-34(2)19-21-6-8-22(9-7-21)24-10-12-27-26(18-24)32-20-36(27)29-13-11-23-4-3-5-28(30(23)33-29)35-16-14-25(31)15-17-35/h3-13,18,20,25H,14-17,19,31H2,1-2H3. The topological polar surface area (TPSA) is 63.2 Å². The van der Waals surface area contributed by atoms with Crippen molar-refractivity contribution >= 4 is 27.6 Å². The molecule has 0 spiro atoms. The summed E-state index contributed by atoms with van der Waals surface area (Å²) in [6, 6.07) is 26.2. The highest BCUT2D eigenvalue weighted by Gasteiger charge is 2.19. The molecular weight excluding hydrogens is 444 g/mol. The van der Waals surface area contributed by atoms with E-state index in [1.165, 1.54) is 22.4 Å². The fraction of sp³-hybridized carbons (Fsp3) is 0.267. The summed E-state index contributed by atoms with van der Waals surface area (Å²) in [7, 11) is 4.18. The molecule has 0 saturated carbocycles. The van der Waals surface area contributed by atoms with E-state index >= 15 is 0 Å². The Morgan fingerprint density at radius 3 is 2.47 bits per heavy atom. The van der Waals surface area contributed by atoms with Gasteiger partial charge in [0.2, 0.25) is 0 Å². The van der Waals surface area contributed by atoms with Gasteiger partial charge in [-0.15, -0.1) is 0 Å². The average molecular weight is 477 g/mol. The van der Waals surface area contributed by atoms with Crippen LogP contribution in [0.4, 0.5) is 5.69 Å². The second kappa shape index (κ2) is 9.37. The Labute approximate surface area is 212 Å². The number of rotatable bonds is 5. The zero-order valence-electron chi connectivity index (χ0n) is 20.9. The SMILES string of the molecule is CN(C)Cc1ccc(-c2ccc3c(c2)ncn3-c2ccc3cccc(N4CCC(N)CC4)c3n2)cc1. The molecular formula is C30H32N6. The van der Waals surface area contributed by atoms with Gasteiger partial charge in [0.05, 0.1) is 22.2 Å². The number of benzene rings is 3. The van der Waals surface area contributed by atoms with Gasteiger partial charge >= 0.3 is 0 Å². The van der Waals surface area contributed by atoms with Crippen LogP contribution in [0.1, 0.15) is 18.4 Å². The van der Waals surface area contributed by atoms with Crippen molar-refractivity contribution in [2.24, 2.45) is 5.73 Å². The van der Waals surface area contributed by atoms with Crippen molar-refractivity contribution in [2.45, 2.75) is 25.4 Å². The third kappa shape index (κ3) is 4.34. The first-order chi connectivity index (χ1) is 17.5. The minimum Gasteiger partial charge on any atom is -0.370 e. The van der Waals surface area contributed by atoms with Gasteiger partial charge in [-0.25, -0.2) is 9.97 Å². The Balaban J connectivity index is 1.34. The molecule has 6 rings (SSSR count). The van der Waals surface area contributed by atoms with Crippen molar-refractivity contribution in [3.8, 4) is 16.9 Å².